The van der Waals surface area contributed by atoms with E-state index in [0.29, 0.717) is 18.6 Å². The Hall–Kier alpha value is -3.12. The van der Waals surface area contributed by atoms with Gasteiger partial charge in [0.25, 0.3) is 5.91 Å². The Morgan fingerprint density at radius 2 is 1.40 bits per heavy atom. The Labute approximate surface area is 207 Å². The van der Waals surface area contributed by atoms with Crippen LogP contribution in [0, 0.1) is 5.92 Å². The Kier molecular flexibility index (Phi) is 6.91. The van der Waals surface area contributed by atoms with Gasteiger partial charge >= 0.3 is 6.09 Å². The average molecular weight is 474 g/mol. The van der Waals surface area contributed by atoms with E-state index in [1.165, 1.54) is 0 Å². The zero-order chi connectivity index (χ0) is 24.4. The summed E-state index contributed by atoms with van der Waals surface area (Å²) in [6.45, 7) is 9.25. The molecule has 2 heterocycles. The summed E-state index contributed by atoms with van der Waals surface area (Å²) in [5.74, 6) is 0.475. The second-order valence-electron chi connectivity index (χ2n) is 10.2. The van der Waals surface area contributed by atoms with Gasteiger partial charge in [-0.2, -0.15) is 0 Å². The first-order chi connectivity index (χ1) is 17.0. The van der Waals surface area contributed by atoms with Gasteiger partial charge in [0.1, 0.15) is 0 Å². The number of carbonyl (C=O) groups excluding carboxylic acids is 2. The van der Waals surface area contributed by atoms with Gasteiger partial charge in [-0.1, -0.05) is 62.4 Å². The Bertz CT molecular complexity index is 1150. The highest BCUT2D eigenvalue weighted by Gasteiger charge is 2.31. The molecule has 6 nitrogen and oxygen atoms in total. The van der Waals surface area contributed by atoms with Gasteiger partial charge in [0, 0.05) is 45.3 Å². The minimum atomic E-state index is -0.185. The van der Waals surface area contributed by atoms with Gasteiger partial charge in [0.2, 0.25) is 0 Å². The normalized spacial score (nSPS) is 17.9. The van der Waals surface area contributed by atoms with Gasteiger partial charge in [-0.15, -0.1) is 0 Å². The quantitative estimate of drug-likeness (QED) is 0.500. The molecule has 184 valence electrons. The average Bonchev–Trinajstić information content (AvgIpc) is 2.90. The van der Waals surface area contributed by atoms with Crippen LogP contribution in [-0.2, 0) is 4.74 Å². The molecule has 2 aliphatic heterocycles. The zero-order valence-electron chi connectivity index (χ0n) is 20.8. The molecule has 0 unspecified atom stereocenters. The second-order valence-corrected chi connectivity index (χ2v) is 10.2. The number of hydrogen-bond acceptors (Lipinski definition) is 4. The topological polar surface area (TPSA) is 53.1 Å². The third kappa shape index (κ3) is 4.98. The van der Waals surface area contributed by atoms with Crippen molar-refractivity contribution in [1.82, 2.24) is 14.7 Å². The van der Waals surface area contributed by atoms with Crippen molar-refractivity contribution in [3.63, 3.8) is 0 Å². The molecule has 2 saturated heterocycles. The lowest BCUT2D eigenvalue weighted by atomic mass is 9.95. The van der Waals surface area contributed by atoms with Crippen LogP contribution in [0.5, 0.6) is 0 Å². The van der Waals surface area contributed by atoms with Crippen LogP contribution in [0.15, 0.2) is 54.6 Å². The van der Waals surface area contributed by atoms with E-state index in [1.54, 1.807) is 0 Å². The SMILES string of the molecule is CC(C)COC(=O)N1CCC(N2CCN(C(=O)c3c4ccccc4cc4ccccc34)CC2)CC1. The standard InChI is InChI=1S/C29H35N3O3/c1-21(2)20-35-29(34)32-13-11-24(12-14-32)30-15-17-31(18-16-30)28(33)27-25-9-5-3-7-22(25)19-23-8-4-6-10-26(23)27/h3-10,19,21,24H,11-18,20H2,1-2H3. The molecule has 0 radical (unpaired) electrons. The predicted molar refractivity (Wildman–Crippen MR) is 140 cm³/mol. The first kappa shape index (κ1) is 23.6. The molecular weight excluding hydrogens is 438 g/mol. The molecule has 2 fully saturated rings. The summed E-state index contributed by atoms with van der Waals surface area (Å²) in [6, 6.07) is 19.0. The number of benzene rings is 3. The summed E-state index contributed by atoms with van der Waals surface area (Å²) in [6.07, 6.45) is 1.73. The number of piperazine rings is 1. The number of likely N-dealkylation sites (tertiary alicyclic amines) is 1. The fourth-order valence-corrected chi connectivity index (χ4v) is 5.44. The van der Waals surface area contributed by atoms with Gasteiger partial charge in [0.05, 0.1) is 12.2 Å². The highest BCUT2D eigenvalue weighted by Crippen LogP contribution is 2.30. The van der Waals surface area contributed by atoms with Crippen LogP contribution in [0.4, 0.5) is 4.79 Å². The minimum Gasteiger partial charge on any atom is -0.449 e. The monoisotopic (exact) mass is 473 g/mol. The Morgan fingerprint density at radius 1 is 0.829 bits per heavy atom. The van der Waals surface area contributed by atoms with Gasteiger partial charge in [-0.25, -0.2) is 4.79 Å². The fraction of sp³-hybridized carbons (Fsp3) is 0.448. The van der Waals surface area contributed by atoms with Crippen molar-refractivity contribution in [2.45, 2.75) is 32.7 Å². The molecule has 2 aliphatic rings. The van der Waals surface area contributed by atoms with Crippen LogP contribution in [0.25, 0.3) is 21.5 Å². The smallest absolute Gasteiger partial charge is 0.409 e. The molecule has 0 N–H and O–H groups in total. The van der Waals surface area contributed by atoms with Gasteiger partial charge in [0.15, 0.2) is 0 Å². The summed E-state index contributed by atoms with van der Waals surface area (Å²) in [5, 5.41) is 4.25. The number of nitrogens with zero attached hydrogens (tertiary/aromatic N) is 3. The molecule has 6 heteroatoms. The lowest BCUT2D eigenvalue weighted by molar-refractivity contribution is 0.0398. The molecule has 0 aliphatic carbocycles. The number of carbonyl (C=O) groups is 2. The van der Waals surface area contributed by atoms with Crippen LogP contribution >= 0.6 is 0 Å². The molecule has 0 aromatic heterocycles. The maximum absolute atomic E-state index is 13.8. The molecule has 35 heavy (non-hydrogen) atoms. The Balaban J connectivity index is 1.23. The van der Waals surface area contributed by atoms with E-state index in [9.17, 15) is 9.59 Å². The molecule has 0 atom stereocenters. The number of piperidine rings is 1. The summed E-state index contributed by atoms with van der Waals surface area (Å²) >= 11 is 0. The predicted octanol–water partition coefficient (Wildman–Crippen LogP) is 5.01. The third-order valence-electron chi connectivity index (χ3n) is 7.37. The van der Waals surface area contributed by atoms with Crippen molar-refractivity contribution in [1.29, 1.82) is 0 Å². The van der Waals surface area contributed by atoms with Crippen LogP contribution in [0.2, 0.25) is 0 Å². The van der Waals surface area contributed by atoms with E-state index in [1.807, 2.05) is 47.9 Å². The summed E-state index contributed by atoms with van der Waals surface area (Å²) in [7, 11) is 0. The van der Waals surface area contributed by atoms with E-state index in [4.69, 9.17) is 4.74 Å². The number of fused-ring (bicyclic) bond motifs is 2. The molecular formula is C29H35N3O3. The van der Waals surface area contributed by atoms with Crippen molar-refractivity contribution < 1.29 is 14.3 Å². The van der Waals surface area contributed by atoms with Gasteiger partial charge in [-0.05, 0) is 46.4 Å². The summed E-state index contributed by atoms with van der Waals surface area (Å²) in [4.78, 5) is 32.4. The van der Waals surface area contributed by atoms with E-state index >= 15 is 0 Å². The number of hydrogen-bond donors (Lipinski definition) is 0. The number of rotatable bonds is 4. The maximum Gasteiger partial charge on any atom is 0.409 e. The van der Waals surface area contributed by atoms with E-state index in [0.717, 1.165) is 79.2 Å². The molecule has 0 bridgehead atoms. The van der Waals surface area contributed by atoms with Crippen molar-refractivity contribution in [3.8, 4) is 0 Å². The van der Waals surface area contributed by atoms with Crippen molar-refractivity contribution >= 4 is 33.5 Å². The largest absolute Gasteiger partial charge is 0.449 e. The van der Waals surface area contributed by atoms with Crippen LogP contribution < -0.4 is 0 Å². The Morgan fingerprint density at radius 3 is 1.97 bits per heavy atom. The third-order valence-corrected chi connectivity index (χ3v) is 7.37. The minimum absolute atomic E-state index is 0.125. The lowest BCUT2D eigenvalue weighted by Crippen LogP contribution is -2.54. The summed E-state index contributed by atoms with van der Waals surface area (Å²) in [5.41, 5.74) is 0.820. The molecule has 3 aromatic rings. The first-order valence-electron chi connectivity index (χ1n) is 12.9. The van der Waals surface area contributed by atoms with Crippen molar-refractivity contribution in [3.05, 3.63) is 60.2 Å². The fourth-order valence-electron chi connectivity index (χ4n) is 5.44. The molecule has 0 spiro atoms. The first-order valence-corrected chi connectivity index (χ1v) is 12.9. The number of amides is 2. The van der Waals surface area contributed by atoms with Gasteiger partial charge < -0.3 is 14.5 Å². The van der Waals surface area contributed by atoms with Crippen LogP contribution in [0.3, 0.4) is 0 Å². The number of ether oxygens (including phenoxy) is 1. The zero-order valence-corrected chi connectivity index (χ0v) is 20.8. The van der Waals surface area contributed by atoms with E-state index < -0.39 is 0 Å². The van der Waals surface area contributed by atoms with E-state index in [2.05, 4.69) is 35.2 Å². The highest BCUT2D eigenvalue weighted by atomic mass is 16.6. The second kappa shape index (κ2) is 10.2. The molecule has 3 aromatic carbocycles. The summed E-state index contributed by atoms with van der Waals surface area (Å²) < 4.78 is 5.40. The lowest BCUT2D eigenvalue weighted by Gasteiger charge is -2.42. The highest BCUT2D eigenvalue weighted by molar-refractivity contribution is 6.18. The maximum atomic E-state index is 13.8. The molecule has 0 saturated carbocycles. The molecule has 2 amide bonds. The van der Waals surface area contributed by atoms with E-state index in [-0.39, 0.29) is 12.0 Å². The van der Waals surface area contributed by atoms with Gasteiger partial charge in [-0.3, -0.25) is 9.69 Å². The van der Waals surface area contributed by atoms with Crippen LogP contribution in [0.1, 0.15) is 37.0 Å². The van der Waals surface area contributed by atoms with Crippen molar-refractivity contribution in [2.75, 3.05) is 45.9 Å². The van der Waals surface area contributed by atoms with Crippen molar-refractivity contribution in [2.24, 2.45) is 5.92 Å². The molecule has 5 rings (SSSR count). The van der Waals surface area contributed by atoms with Crippen LogP contribution in [-0.4, -0.2) is 78.6 Å².